The van der Waals surface area contributed by atoms with Crippen LogP contribution < -0.4 is 10.5 Å². The minimum Gasteiger partial charge on any atom is -0.487 e. The molecular weight excluding hydrogens is 222 g/mol. The Labute approximate surface area is 108 Å². The number of hydrogen-bond acceptors (Lipinski definition) is 2. The molecule has 0 aliphatic heterocycles. The Kier molecular flexibility index (Phi) is 2.96. The maximum absolute atomic E-state index is 6.31. The lowest BCUT2D eigenvalue weighted by Crippen LogP contribution is -2.44. The molecule has 0 amide bonds. The molecule has 2 heteroatoms. The van der Waals surface area contributed by atoms with Crippen molar-refractivity contribution < 1.29 is 4.74 Å². The smallest absolute Gasteiger partial charge is 0.127 e. The van der Waals surface area contributed by atoms with Crippen LogP contribution in [0, 0.1) is 0 Å². The second-order valence-electron chi connectivity index (χ2n) is 5.15. The van der Waals surface area contributed by atoms with Gasteiger partial charge in [0.05, 0.1) is 0 Å². The number of hydrogen-bond donors (Lipinski definition) is 1. The Balaban J connectivity index is 1.94. The number of rotatable bonds is 4. The van der Waals surface area contributed by atoms with Gasteiger partial charge in [0.25, 0.3) is 0 Å². The van der Waals surface area contributed by atoms with E-state index in [0.717, 1.165) is 25.0 Å². The summed E-state index contributed by atoms with van der Waals surface area (Å²) in [6.45, 7) is 0.699. The molecule has 0 aromatic heterocycles. The maximum Gasteiger partial charge on any atom is 0.127 e. The molecule has 3 rings (SSSR count). The molecule has 1 aliphatic carbocycles. The van der Waals surface area contributed by atoms with Crippen molar-refractivity contribution in [1.82, 2.24) is 0 Å². The van der Waals surface area contributed by atoms with E-state index in [-0.39, 0.29) is 5.60 Å². The number of ether oxygens (including phenoxy) is 1. The molecular formula is C16H19NO. The average Bonchev–Trinajstić information content (AvgIpc) is 2.37. The third-order valence-electron chi connectivity index (χ3n) is 3.94. The van der Waals surface area contributed by atoms with Crippen LogP contribution in [0.5, 0.6) is 5.75 Å². The summed E-state index contributed by atoms with van der Waals surface area (Å²) in [6.07, 6.45) is 4.47. The van der Waals surface area contributed by atoms with E-state index in [0.29, 0.717) is 6.54 Å². The SMILES string of the molecule is NCCC1(Oc2cccc3ccccc23)CCC1. The van der Waals surface area contributed by atoms with Crippen LogP contribution in [-0.2, 0) is 0 Å². The van der Waals surface area contributed by atoms with Crippen LogP contribution in [-0.4, -0.2) is 12.1 Å². The Morgan fingerprint density at radius 1 is 1.06 bits per heavy atom. The van der Waals surface area contributed by atoms with E-state index in [2.05, 4.69) is 42.5 Å². The topological polar surface area (TPSA) is 35.2 Å². The van der Waals surface area contributed by atoms with Crippen molar-refractivity contribution in [1.29, 1.82) is 0 Å². The van der Waals surface area contributed by atoms with E-state index in [1.807, 2.05) is 0 Å². The van der Waals surface area contributed by atoms with Crippen LogP contribution in [0.15, 0.2) is 42.5 Å². The van der Waals surface area contributed by atoms with Gasteiger partial charge in [-0.1, -0.05) is 36.4 Å². The van der Waals surface area contributed by atoms with Crippen molar-refractivity contribution in [2.75, 3.05) is 6.54 Å². The highest BCUT2D eigenvalue weighted by atomic mass is 16.5. The van der Waals surface area contributed by atoms with Crippen molar-refractivity contribution in [3.8, 4) is 5.75 Å². The van der Waals surface area contributed by atoms with Crippen molar-refractivity contribution >= 4 is 10.8 Å². The minimum absolute atomic E-state index is 0.00112. The lowest BCUT2D eigenvalue weighted by atomic mass is 9.77. The predicted molar refractivity (Wildman–Crippen MR) is 74.8 cm³/mol. The Morgan fingerprint density at radius 2 is 1.83 bits per heavy atom. The highest BCUT2D eigenvalue weighted by Gasteiger charge is 2.38. The summed E-state index contributed by atoms with van der Waals surface area (Å²) in [5.41, 5.74) is 5.71. The number of fused-ring (bicyclic) bond motifs is 1. The van der Waals surface area contributed by atoms with Crippen LogP contribution in [0.25, 0.3) is 10.8 Å². The first-order valence-electron chi connectivity index (χ1n) is 6.70. The molecule has 1 saturated carbocycles. The molecule has 0 spiro atoms. The third-order valence-corrected chi connectivity index (χ3v) is 3.94. The number of nitrogens with two attached hydrogens (primary N) is 1. The van der Waals surface area contributed by atoms with Crippen molar-refractivity contribution in [2.24, 2.45) is 5.73 Å². The summed E-state index contributed by atoms with van der Waals surface area (Å²) in [5, 5.41) is 2.43. The van der Waals surface area contributed by atoms with Crippen molar-refractivity contribution in [2.45, 2.75) is 31.3 Å². The van der Waals surface area contributed by atoms with Crippen LogP contribution in [0.4, 0.5) is 0 Å². The molecule has 0 radical (unpaired) electrons. The van der Waals surface area contributed by atoms with Crippen LogP contribution in [0.1, 0.15) is 25.7 Å². The Morgan fingerprint density at radius 3 is 2.56 bits per heavy atom. The largest absolute Gasteiger partial charge is 0.487 e. The van der Waals surface area contributed by atoms with E-state index in [1.165, 1.54) is 17.2 Å². The van der Waals surface area contributed by atoms with Gasteiger partial charge in [0.1, 0.15) is 11.4 Å². The molecule has 1 aliphatic rings. The zero-order chi connectivity index (χ0) is 12.4. The summed E-state index contributed by atoms with van der Waals surface area (Å²) in [4.78, 5) is 0. The normalized spacial score (nSPS) is 17.4. The van der Waals surface area contributed by atoms with Crippen LogP contribution in [0.3, 0.4) is 0 Å². The van der Waals surface area contributed by atoms with Crippen molar-refractivity contribution in [3.63, 3.8) is 0 Å². The quantitative estimate of drug-likeness (QED) is 0.889. The van der Waals surface area contributed by atoms with E-state index in [4.69, 9.17) is 10.5 Å². The van der Waals surface area contributed by atoms with Gasteiger partial charge in [-0.2, -0.15) is 0 Å². The van der Waals surface area contributed by atoms with Gasteiger partial charge in [-0.25, -0.2) is 0 Å². The molecule has 0 bridgehead atoms. The van der Waals surface area contributed by atoms with E-state index in [1.54, 1.807) is 0 Å². The molecule has 0 atom stereocenters. The summed E-state index contributed by atoms with van der Waals surface area (Å²) in [7, 11) is 0. The van der Waals surface area contributed by atoms with E-state index < -0.39 is 0 Å². The molecule has 2 aromatic carbocycles. The first-order chi connectivity index (χ1) is 8.83. The summed E-state index contributed by atoms with van der Waals surface area (Å²) in [6, 6.07) is 14.6. The van der Waals surface area contributed by atoms with E-state index in [9.17, 15) is 0 Å². The molecule has 0 unspecified atom stereocenters. The average molecular weight is 241 g/mol. The standard InChI is InChI=1S/C16H19NO/c17-12-11-16(9-4-10-16)18-15-8-3-6-13-5-1-2-7-14(13)15/h1-3,5-8H,4,9-12,17H2. The highest BCUT2D eigenvalue weighted by Crippen LogP contribution is 2.40. The lowest BCUT2D eigenvalue weighted by molar-refractivity contribution is -0.0112. The minimum atomic E-state index is -0.00112. The molecule has 0 heterocycles. The van der Waals surface area contributed by atoms with Gasteiger partial charge in [-0.05, 0) is 43.7 Å². The maximum atomic E-state index is 6.31. The molecule has 0 saturated heterocycles. The monoisotopic (exact) mass is 241 g/mol. The van der Waals surface area contributed by atoms with E-state index >= 15 is 0 Å². The van der Waals surface area contributed by atoms with Gasteiger partial charge in [-0.3, -0.25) is 0 Å². The molecule has 1 fully saturated rings. The van der Waals surface area contributed by atoms with Gasteiger partial charge in [0.2, 0.25) is 0 Å². The number of benzene rings is 2. The lowest BCUT2D eigenvalue weighted by Gasteiger charge is -2.42. The predicted octanol–water partition coefficient (Wildman–Crippen LogP) is 3.49. The first kappa shape index (κ1) is 11.5. The zero-order valence-electron chi connectivity index (χ0n) is 10.6. The second kappa shape index (κ2) is 4.62. The zero-order valence-corrected chi connectivity index (χ0v) is 10.6. The van der Waals surface area contributed by atoms with Gasteiger partial charge >= 0.3 is 0 Å². The molecule has 2 N–H and O–H groups in total. The summed E-state index contributed by atoms with van der Waals surface area (Å²) >= 11 is 0. The Hall–Kier alpha value is -1.54. The molecule has 94 valence electrons. The molecule has 18 heavy (non-hydrogen) atoms. The van der Waals surface area contributed by atoms with Gasteiger partial charge in [0, 0.05) is 5.39 Å². The fraction of sp³-hybridized carbons (Fsp3) is 0.375. The second-order valence-corrected chi connectivity index (χ2v) is 5.15. The van der Waals surface area contributed by atoms with Crippen LogP contribution in [0.2, 0.25) is 0 Å². The van der Waals surface area contributed by atoms with Crippen LogP contribution >= 0.6 is 0 Å². The molecule has 2 nitrogen and oxygen atoms in total. The van der Waals surface area contributed by atoms with Gasteiger partial charge < -0.3 is 10.5 Å². The summed E-state index contributed by atoms with van der Waals surface area (Å²) in [5.74, 6) is 1.00. The Bertz CT molecular complexity index is 540. The van der Waals surface area contributed by atoms with Gasteiger partial charge in [-0.15, -0.1) is 0 Å². The fourth-order valence-corrected chi connectivity index (χ4v) is 2.76. The highest BCUT2D eigenvalue weighted by molar-refractivity contribution is 5.88. The van der Waals surface area contributed by atoms with Crippen molar-refractivity contribution in [3.05, 3.63) is 42.5 Å². The van der Waals surface area contributed by atoms with Gasteiger partial charge in [0.15, 0.2) is 0 Å². The third kappa shape index (κ3) is 1.97. The first-order valence-corrected chi connectivity index (χ1v) is 6.70. The summed E-state index contributed by atoms with van der Waals surface area (Å²) < 4.78 is 6.31. The molecule has 2 aromatic rings. The fourth-order valence-electron chi connectivity index (χ4n) is 2.76.